The van der Waals surface area contributed by atoms with E-state index in [4.69, 9.17) is 0 Å². The van der Waals surface area contributed by atoms with Crippen molar-refractivity contribution in [2.24, 2.45) is 0 Å². The first-order valence-electron chi connectivity index (χ1n) is 6.77. The molecule has 0 radical (unpaired) electrons. The summed E-state index contributed by atoms with van der Waals surface area (Å²) >= 11 is 0. The van der Waals surface area contributed by atoms with Gasteiger partial charge in [-0.2, -0.15) is 13.2 Å². The molecule has 1 aliphatic rings. The lowest BCUT2D eigenvalue weighted by Crippen LogP contribution is -2.46. The number of rotatable bonds is 4. The lowest BCUT2D eigenvalue weighted by atomic mass is 10.00. The summed E-state index contributed by atoms with van der Waals surface area (Å²) in [5.41, 5.74) is -0.400. The standard InChI is InChI=1S/C13H16F3N3O3.2ClH/c14-13(15,16)8-11(18-5-3-17-4-6-18)9-1-2-12(20)10(7-9)19(21)22;;/h1-2,7,11,17,20H,3-6,8H2;2*1H/t11-;;/m0../s1. The first-order chi connectivity index (χ1) is 10.3. The van der Waals surface area contributed by atoms with Crippen molar-refractivity contribution >= 4 is 30.5 Å². The van der Waals surface area contributed by atoms with E-state index in [1.54, 1.807) is 4.90 Å². The Bertz CT molecular complexity index is 555. The number of nitrogens with one attached hydrogen (secondary N) is 1. The van der Waals surface area contributed by atoms with Crippen molar-refractivity contribution in [3.8, 4) is 5.75 Å². The van der Waals surface area contributed by atoms with Crippen LogP contribution in [0.25, 0.3) is 0 Å². The van der Waals surface area contributed by atoms with Crippen LogP contribution in [0.15, 0.2) is 18.2 Å². The van der Waals surface area contributed by atoms with Crippen LogP contribution in [-0.2, 0) is 0 Å². The number of benzene rings is 1. The molecule has 1 aromatic carbocycles. The molecule has 0 amide bonds. The van der Waals surface area contributed by atoms with Crippen molar-refractivity contribution in [3.05, 3.63) is 33.9 Å². The molecule has 0 bridgehead atoms. The number of aromatic hydroxyl groups is 1. The van der Waals surface area contributed by atoms with Gasteiger partial charge in [-0.15, -0.1) is 24.8 Å². The second kappa shape index (κ2) is 9.26. The molecular formula is C13H18Cl2F3N3O3. The van der Waals surface area contributed by atoms with Crippen LogP contribution in [-0.4, -0.2) is 47.3 Å². The second-order valence-corrected chi connectivity index (χ2v) is 5.13. The molecular weight excluding hydrogens is 374 g/mol. The molecule has 0 aromatic heterocycles. The molecule has 11 heteroatoms. The van der Waals surface area contributed by atoms with Gasteiger partial charge in [-0.25, -0.2) is 0 Å². The van der Waals surface area contributed by atoms with Crippen LogP contribution < -0.4 is 5.32 Å². The molecule has 1 aliphatic heterocycles. The Balaban J connectivity index is 0.00000264. The number of hydrogen-bond acceptors (Lipinski definition) is 5. The molecule has 1 heterocycles. The lowest BCUT2D eigenvalue weighted by Gasteiger charge is -2.35. The Kier molecular flexibility index (Phi) is 8.76. The third-order valence-corrected chi connectivity index (χ3v) is 3.60. The van der Waals surface area contributed by atoms with Crippen LogP contribution in [0.4, 0.5) is 18.9 Å². The van der Waals surface area contributed by atoms with Crippen LogP contribution in [0.5, 0.6) is 5.75 Å². The fourth-order valence-corrected chi connectivity index (χ4v) is 2.56. The molecule has 1 saturated heterocycles. The number of piperazine rings is 1. The Morgan fingerprint density at radius 3 is 2.38 bits per heavy atom. The van der Waals surface area contributed by atoms with Gasteiger partial charge in [-0.05, 0) is 11.6 Å². The van der Waals surface area contributed by atoms with E-state index in [9.17, 15) is 28.4 Å². The third-order valence-electron chi connectivity index (χ3n) is 3.60. The molecule has 2 rings (SSSR count). The minimum absolute atomic E-state index is 0. The van der Waals surface area contributed by atoms with Crippen molar-refractivity contribution in [2.75, 3.05) is 26.2 Å². The number of nitro benzene ring substituents is 1. The largest absolute Gasteiger partial charge is 0.502 e. The maximum atomic E-state index is 12.9. The van der Waals surface area contributed by atoms with Gasteiger partial charge in [0, 0.05) is 38.3 Å². The van der Waals surface area contributed by atoms with E-state index in [0.717, 1.165) is 12.1 Å². The van der Waals surface area contributed by atoms with Crippen molar-refractivity contribution in [1.29, 1.82) is 0 Å². The second-order valence-electron chi connectivity index (χ2n) is 5.13. The van der Waals surface area contributed by atoms with E-state index in [0.29, 0.717) is 26.2 Å². The van der Waals surface area contributed by atoms with Gasteiger partial charge in [0.15, 0.2) is 5.75 Å². The summed E-state index contributed by atoms with van der Waals surface area (Å²) in [6.45, 7) is 1.98. The predicted molar refractivity (Wildman–Crippen MR) is 87.1 cm³/mol. The van der Waals surface area contributed by atoms with Crippen LogP contribution in [0, 0.1) is 10.1 Å². The third kappa shape index (κ3) is 5.97. The molecule has 0 saturated carbocycles. The Morgan fingerprint density at radius 1 is 1.29 bits per heavy atom. The molecule has 1 atom stereocenters. The zero-order chi connectivity index (χ0) is 16.3. The molecule has 1 fully saturated rings. The summed E-state index contributed by atoms with van der Waals surface area (Å²) in [6, 6.07) is 2.40. The van der Waals surface area contributed by atoms with Crippen molar-refractivity contribution in [1.82, 2.24) is 10.2 Å². The van der Waals surface area contributed by atoms with Crippen LogP contribution in [0.2, 0.25) is 0 Å². The minimum Gasteiger partial charge on any atom is -0.502 e. The first-order valence-corrected chi connectivity index (χ1v) is 6.77. The maximum Gasteiger partial charge on any atom is 0.390 e. The van der Waals surface area contributed by atoms with Gasteiger partial charge in [0.25, 0.3) is 0 Å². The summed E-state index contributed by atoms with van der Waals surface area (Å²) in [5, 5.41) is 23.4. The maximum absolute atomic E-state index is 12.9. The van der Waals surface area contributed by atoms with Crippen LogP contribution >= 0.6 is 24.8 Å². The van der Waals surface area contributed by atoms with E-state index in [1.165, 1.54) is 6.07 Å². The topological polar surface area (TPSA) is 78.6 Å². The fraction of sp³-hybridized carbons (Fsp3) is 0.538. The number of halogens is 5. The number of alkyl halides is 3. The highest BCUT2D eigenvalue weighted by atomic mass is 35.5. The minimum atomic E-state index is -4.39. The van der Waals surface area contributed by atoms with Gasteiger partial charge in [-0.3, -0.25) is 15.0 Å². The summed E-state index contributed by atoms with van der Waals surface area (Å²) in [7, 11) is 0. The van der Waals surface area contributed by atoms with E-state index in [-0.39, 0.29) is 30.4 Å². The average molecular weight is 392 g/mol. The van der Waals surface area contributed by atoms with Crippen molar-refractivity contribution in [2.45, 2.75) is 18.6 Å². The van der Waals surface area contributed by atoms with Gasteiger partial charge in [0.1, 0.15) is 0 Å². The number of hydrogen-bond donors (Lipinski definition) is 2. The molecule has 138 valence electrons. The molecule has 2 N–H and O–H groups in total. The average Bonchev–Trinajstić information content (AvgIpc) is 2.45. The summed E-state index contributed by atoms with van der Waals surface area (Å²) in [5.74, 6) is -0.556. The quantitative estimate of drug-likeness (QED) is 0.609. The zero-order valence-electron chi connectivity index (χ0n) is 12.5. The van der Waals surface area contributed by atoms with Gasteiger partial charge < -0.3 is 10.4 Å². The van der Waals surface area contributed by atoms with Gasteiger partial charge in [0.05, 0.1) is 11.3 Å². The van der Waals surface area contributed by atoms with Crippen molar-refractivity contribution < 1.29 is 23.2 Å². The molecule has 0 spiro atoms. The zero-order valence-corrected chi connectivity index (χ0v) is 14.1. The first kappa shape index (κ1) is 22.7. The van der Waals surface area contributed by atoms with E-state index < -0.39 is 35.0 Å². The summed E-state index contributed by atoms with van der Waals surface area (Å²) < 4.78 is 38.6. The predicted octanol–water partition coefficient (Wildman–Crippen LogP) is 3.04. The Morgan fingerprint density at radius 2 is 1.88 bits per heavy atom. The fourth-order valence-electron chi connectivity index (χ4n) is 2.56. The highest BCUT2D eigenvalue weighted by Gasteiger charge is 2.36. The van der Waals surface area contributed by atoms with Crippen LogP contribution in [0.3, 0.4) is 0 Å². The number of phenolic OH excluding ortho intramolecular Hbond substituents is 1. The normalized spacial score (nSPS) is 16.6. The van der Waals surface area contributed by atoms with E-state index in [1.807, 2.05) is 0 Å². The molecule has 24 heavy (non-hydrogen) atoms. The smallest absolute Gasteiger partial charge is 0.390 e. The van der Waals surface area contributed by atoms with Gasteiger partial charge in [0.2, 0.25) is 0 Å². The highest BCUT2D eigenvalue weighted by molar-refractivity contribution is 5.85. The number of nitrogens with zero attached hydrogens (tertiary/aromatic N) is 2. The Labute approximate surface area is 149 Å². The monoisotopic (exact) mass is 391 g/mol. The summed E-state index contributed by atoms with van der Waals surface area (Å²) in [6.07, 6.45) is -5.48. The summed E-state index contributed by atoms with van der Waals surface area (Å²) in [4.78, 5) is 11.7. The van der Waals surface area contributed by atoms with E-state index >= 15 is 0 Å². The van der Waals surface area contributed by atoms with Crippen molar-refractivity contribution in [3.63, 3.8) is 0 Å². The Hall–Kier alpha value is -1.29. The number of phenols is 1. The van der Waals surface area contributed by atoms with Gasteiger partial charge >= 0.3 is 11.9 Å². The molecule has 1 aromatic rings. The highest BCUT2D eigenvalue weighted by Crippen LogP contribution is 2.37. The lowest BCUT2D eigenvalue weighted by molar-refractivity contribution is -0.386. The van der Waals surface area contributed by atoms with E-state index in [2.05, 4.69) is 5.32 Å². The SMILES string of the molecule is Cl.Cl.O=[N+]([O-])c1cc([C@H](CC(F)(F)F)N2CCNCC2)ccc1O. The van der Waals surface area contributed by atoms with Crippen LogP contribution in [0.1, 0.15) is 18.0 Å². The number of nitro groups is 1. The molecule has 6 nitrogen and oxygen atoms in total. The van der Waals surface area contributed by atoms with Gasteiger partial charge in [-0.1, -0.05) is 6.07 Å². The molecule has 0 aliphatic carbocycles. The molecule has 0 unspecified atom stereocenters.